The van der Waals surface area contributed by atoms with E-state index in [1.54, 1.807) is 18.2 Å². The van der Waals surface area contributed by atoms with Crippen LogP contribution in [-0.2, 0) is 14.3 Å². The summed E-state index contributed by atoms with van der Waals surface area (Å²) >= 11 is 0. The summed E-state index contributed by atoms with van der Waals surface area (Å²) in [6.07, 6.45) is -2.51. The molecule has 2 saturated heterocycles. The first-order valence-electron chi connectivity index (χ1n) is 9.98. The van der Waals surface area contributed by atoms with E-state index in [4.69, 9.17) is 24.1 Å². The van der Waals surface area contributed by atoms with Gasteiger partial charge in [0.25, 0.3) is 0 Å². The van der Waals surface area contributed by atoms with Crippen LogP contribution in [0.5, 0.6) is 11.5 Å². The molecule has 2 fully saturated rings. The highest BCUT2D eigenvalue weighted by Gasteiger charge is 2.45. The Morgan fingerprint density at radius 3 is 2.47 bits per heavy atom. The predicted molar refractivity (Wildman–Crippen MR) is 106 cm³/mol. The van der Waals surface area contributed by atoms with Crippen molar-refractivity contribution in [3.05, 3.63) is 36.4 Å². The van der Waals surface area contributed by atoms with E-state index < -0.39 is 18.0 Å². The number of nitrogens with zero attached hydrogens (tertiary/aromatic N) is 3. The number of carbonyl (C=O) groups excluding carboxylic acids is 1. The lowest BCUT2D eigenvalue weighted by atomic mass is 9.99. The normalized spacial score (nSPS) is 22.6. The van der Waals surface area contributed by atoms with Crippen LogP contribution in [0.25, 0.3) is 0 Å². The van der Waals surface area contributed by atoms with E-state index in [2.05, 4.69) is 15.3 Å². The quantitative estimate of drug-likeness (QED) is 0.629. The van der Waals surface area contributed by atoms with Crippen LogP contribution in [0.2, 0.25) is 0 Å². The Balaban J connectivity index is 0.000000344. The van der Waals surface area contributed by atoms with E-state index in [0.29, 0.717) is 42.6 Å². The van der Waals surface area contributed by atoms with Gasteiger partial charge < -0.3 is 29.5 Å². The number of aliphatic carboxylic acids is 1. The average Bonchev–Trinajstić information content (AvgIpc) is 3.37. The number of carbonyl (C=O) groups is 2. The second-order valence-electron chi connectivity index (χ2n) is 7.61. The summed E-state index contributed by atoms with van der Waals surface area (Å²) in [4.78, 5) is 31.7. The Hall–Kier alpha value is -3.68. The Kier molecular flexibility index (Phi) is 6.41. The topological polar surface area (TPSA) is 123 Å². The maximum Gasteiger partial charge on any atom is 0.490 e. The molecule has 2 bridgehead atoms. The van der Waals surface area contributed by atoms with Gasteiger partial charge in [-0.1, -0.05) is 0 Å². The molecule has 10 nitrogen and oxygen atoms in total. The highest BCUT2D eigenvalue weighted by atomic mass is 19.4. The van der Waals surface area contributed by atoms with Gasteiger partial charge in [-0.15, -0.1) is 0 Å². The number of alkyl halides is 3. The van der Waals surface area contributed by atoms with Gasteiger partial charge in [0.15, 0.2) is 17.3 Å². The smallest absolute Gasteiger partial charge is 0.475 e. The van der Waals surface area contributed by atoms with Crippen LogP contribution in [0.15, 0.2) is 30.6 Å². The fourth-order valence-corrected chi connectivity index (χ4v) is 3.78. The molecule has 0 radical (unpaired) electrons. The first-order chi connectivity index (χ1) is 16.1. The first kappa shape index (κ1) is 23.5. The monoisotopic (exact) mass is 486 g/mol. The highest BCUT2D eigenvalue weighted by molar-refractivity contribution is 5.93. The maximum absolute atomic E-state index is 13.0. The molecule has 1 aromatic heterocycles. The summed E-state index contributed by atoms with van der Waals surface area (Å²) in [5.41, 5.74) is 0.657. The van der Waals surface area contributed by atoms with Crippen molar-refractivity contribution >= 4 is 23.5 Å². The van der Waals surface area contributed by atoms with E-state index in [-0.39, 0.29) is 30.8 Å². The number of nitrogens with one attached hydrogen (secondary N) is 1. The van der Waals surface area contributed by atoms with Crippen molar-refractivity contribution in [3.63, 3.8) is 0 Å². The van der Waals surface area contributed by atoms with Gasteiger partial charge in [0.1, 0.15) is 0 Å². The number of fused-ring (bicyclic) bond motifs is 3. The molecule has 3 atom stereocenters. The predicted octanol–water partition coefficient (Wildman–Crippen LogP) is 2.21. The molecule has 1 amide bonds. The molecule has 5 rings (SSSR count). The number of hydrogen-bond donors (Lipinski definition) is 2. The first-order valence-corrected chi connectivity index (χ1v) is 9.98. The van der Waals surface area contributed by atoms with Crippen LogP contribution in [0.1, 0.15) is 6.42 Å². The number of aromatic nitrogens is 2. The zero-order chi connectivity index (χ0) is 24.5. The molecule has 2 aromatic rings. The van der Waals surface area contributed by atoms with Crippen LogP contribution in [0.3, 0.4) is 0 Å². The van der Waals surface area contributed by atoms with Gasteiger partial charge in [-0.2, -0.15) is 13.2 Å². The number of ether oxygens (including phenoxy) is 3. The standard InChI is InChI=1S/C18H17FN4O4.C2HF3O2/c19-10-5-20-18(21-6-10)23-7-12-4-13(16(8-23)27-12)17(24)22-11-1-2-14-15(3-11)26-9-25-14;3-2(4,5)1(6)7/h1-3,5-6,12-13,16H,4,7-9H2,(H,22,24);(H,6,7)/t12-,13+,16-;/m1./s1. The second-order valence-corrected chi connectivity index (χ2v) is 7.61. The molecule has 14 heteroatoms. The largest absolute Gasteiger partial charge is 0.490 e. The number of halogens is 4. The zero-order valence-corrected chi connectivity index (χ0v) is 17.3. The van der Waals surface area contributed by atoms with E-state index in [1.807, 2.05) is 4.90 Å². The molecule has 0 spiro atoms. The van der Waals surface area contributed by atoms with Gasteiger partial charge in [0, 0.05) is 24.8 Å². The average molecular weight is 486 g/mol. The Morgan fingerprint density at radius 1 is 1.12 bits per heavy atom. The van der Waals surface area contributed by atoms with Crippen LogP contribution >= 0.6 is 0 Å². The van der Waals surface area contributed by atoms with Crippen molar-refractivity contribution in [1.29, 1.82) is 0 Å². The number of morpholine rings is 1. The molecular weight excluding hydrogens is 468 g/mol. The Morgan fingerprint density at radius 2 is 1.79 bits per heavy atom. The van der Waals surface area contributed by atoms with Crippen molar-refractivity contribution in [2.75, 3.05) is 30.1 Å². The molecule has 0 aliphatic carbocycles. The maximum atomic E-state index is 13.0. The van der Waals surface area contributed by atoms with E-state index in [0.717, 1.165) is 12.4 Å². The fraction of sp³-hybridized carbons (Fsp3) is 0.400. The lowest BCUT2D eigenvalue weighted by Gasteiger charge is -2.32. The molecule has 182 valence electrons. The highest BCUT2D eigenvalue weighted by Crippen LogP contribution is 2.36. The summed E-state index contributed by atoms with van der Waals surface area (Å²) in [6.45, 7) is 1.26. The second kappa shape index (κ2) is 9.29. The lowest BCUT2D eigenvalue weighted by molar-refractivity contribution is -0.192. The van der Waals surface area contributed by atoms with Crippen LogP contribution < -0.4 is 19.7 Å². The van der Waals surface area contributed by atoms with Gasteiger partial charge in [-0.3, -0.25) is 4.79 Å². The molecule has 2 N–H and O–H groups in total. The fourth-order valence-electron chi connectivity index (χ4n) is 3.78. The molecule has 3 aliphatic heterocycles. The number of carboxylic acid groups (broad SMARTS) is 1. The van der Waals surface area contributed by atoms with Gasteiger partial charge in [0.2, 0.25) is 18.6 Å². The van der Waals surface area contributed by atoms with Crippen molar-refractivity contribution in [2.24, 2.45) is 5.92 Å². The number of anilines is 2. The summed E-state index contributed by atoms with van der Waals surface area (Å²) in [6, 6.07) is 5.31. The van der Waals surface area contributed by atoms with E-state index in [1.165, 1.54) is 0 Å². The third-order valence-corrected chi connectivity index (χ3v) is 5.27. The molecule has 34 heavy (non-hydrogen) atoms. The van der Waals surface area contributed by atoms with E-state index >= 15 is 0 Å². The number of carboxylic acids is 1. The van der Waals surface area contributed by atoms with Gasteiger partial charge >= 0.3 is 12.1 Å². The molecule has 0 saturated carbocycles. The van der Waals surface area contributed by atoms with Crippen molar-refractivity contribution in [2.45, 2.75) is 24.8 Å². The third-order valence-electron chi connectivity index (χ3n) is 5.27. The molecule has 0 unspecified atom stereocenters. The number of hydrogen-bond acceptors (Lipinski definition) is 8. The SMILES string of the molecule is O=C(Nc1ccc2c(c1)OCO2)[C@H]1C[C@@H]2CN(c3ncc(F)cn3)C[C@H]1O2.O=C(O)C(F)(F)F. The van der Waals surface area contributed by atoms with Gasteiger partial charge in [0.05, 0.1) is 30.5 Å². The van der Waals surface area contributed by atoms with Crippen LogP contribution in [-0.4, -0.2) is 65.2 Å². The molecule has 3 aliphatic rings. The zero-order valence-electron chi connectivity index (χ0n) is 17.3. The third kappa shape index (κ3) is 5.27. The summed E-state index contributed by atoms with van der Waals surface area (Å²) in [7, 11) is 0. The minimum absolute atomic E-state index is 0.0788. The van der Waals surface area contributed by atoms with Gasteiger partial charge in [-0.05, 0) is 18.6 Å². The molecular formula is C20H18F4N4O6. The number of benzene rings is 1. The lowest BCUT2D eigenvalue weighted by Crippen LogP contribution is -2.45. The number of amides is 1. The van der Waals surface area contributed by atoms with Crippen LogP contribution in [0, 0.1) is 11.7 Å². The molecule has 1 aromatic carbocycles. The molecule has 4 heterocycles. The Bertz CT molecular complexity index is 1070. The summed E-state index contributed by atoms with van der Waals surface area (Å²) in [5, 5.41) is 10.1. The van der Waals surface area contributed by atoms with Crippen molar-refractivity contribution in [1.82, 2.24) is 9.97 Å². The minimum atomic E-state index is -5.08. The summed E-state index contributed by atoms with van der Waals surface area (Å²) < 4.78 is 61.3. The Labute approximate surface area is 189 Å². The summed E-state index contributed by atoms with van der Waals surface area (Å²) in [5.74, 6) is -1.86. The van der Waals surface area contributed by atoms with Crippen molar-refractivity contribution in [3.8, 4) is 11.5 Å². The van der Waals surface area contributed by atoms with E-state index in [9.17, 15) is 22.4 Å². The van der Waals surface area contributed by atoms with Gasteiger partial charge in [-0.25, -0.2) is 19.2 Å². The number of rotatable bonds is 3. The van der Waals surface area contributed by atoms with Crippen LogP contribution in [0.4, 0.5) is 29.2 Å². The van der Waals surface area contributed by atoms with Crippen molar-refractivity contribution < 1.29 is 46.5 Å². The minimum Gasteiger partial charge on any atom is -0.475 e.